The Bertz CT molecular complexity index is 801. The molecule has 1 saturated heterocycles. The van der Waals surface area contributed by atoms with Crippen LogP contribution in [-0.2, 0) is 13.0 Å². The minimum absolute atomic E-state index is 0.257. The van der Waals surface area contributed by atoms with Crippen LogP contribution in [0.5, 0.6) is 0 Å². The van der Waals surface area contributed by atoms with E-state index in [-0.39, 0.29) is 5.56 Å². The Kier molecular flexibility index (Phi) is 4.13. The van der Waals surface area contributed by atoms with Gasteiger partial charge in [0.2, 0.25) is 0 Å². The first-order valence-corrected chi connectivity index (χ1v) is 8.44. The molecule has 0 aliphatic carbocycles. The Morgan fingerprint density at radius 2 is 2.08 bits per heavy atom. The number of hydrogen-bond donors (Lipinski definition) is 1. The van der Waals surface area contributed by atoms with Crippen LogP contribution >= 0.6 is 0 Å². The first kappa shape index (κ1) is 16.4. The smallest absolute Gasteiger partial charge is 0.137 e. The molecule has 0 bridgehead atoms. The van der Waals surface area contributed by atoms with Gasteiger partial charge in [0, 0.05) is 37.2 Å². The molecule has 0 radical (unpaired) electrons. The van der Waals surface area contributed by atoms with E-state index in [9.17, 15) is 13.9 Å². The SMILES string of the molecule is CN1CCc2ncnc(N3CC(O)CC3c3cc(F)ccc3F)c2C1. The van der Waals surface area contributed by atoms with Gasteiger partial charge >= 0.3 is 0 Å². The number of fused-ring (bicyclic) bond motifs is 1. The number of benzene rings is 1. The van der Waals surface area contributed by atoms with E-state index < -0.39 is 23.8 Å². The third-order valence-corrected chi connectivity index (χ3v) is 5.04. The zero-order chi connectivity index (χ0) is 17.6. The summed E-state index contributed by atoms with van der Waals surface area (Å²) in [5, 5.41) is 10.2. The predicted octanol–water partition coefficient (Wildman–Crippen LogP) is 2.05. The quantitative estimate of drug-likeness (QED) is 0.902. The summed E-state index contributed by atoms with van der Waals surface area (Å²) in [6, 6.07) is 3.01. The minimum atomic E-state index is -0.611. The van der Waals surface area contributed by atoms with Crippen molar-refractivity contribution in [2.75, 3.05) is 25.0 Å². The van der Waals surface area contributed by atoms with Gasteiger partial charge in [0.1, 0.15) is 23.8 Å². The van der Waals surface area contributed by atoms with Gasteiger partial charge < -0.3 is 14.9 Å². The summed E-state index contributed by atoms with van der Waals surface area (Å²) in [5.41, 5.74) is 2.25. The van der Waals surface area contributed by atoms with Gasteiger partial charge in [-0.2, -0.15) is 0 Å². The van der Waals surface area contributed by atoms with Gasteiger partial charge in [0.25, 0.3) is 0 Å². The lowest BCUT2D eigenvalue weighted by Crippen LogP contribution is -2.32. The highest BCUT2D eigenvalue weighted by atomic mass is 19.1. The number of rotatable bonds is 2. The van der Waals surface area contributed by atoms with E-state index in [2.05, 4.69) is 14.9 Å². The molecule has 2 aliphatic heterocycles. The average Bonchev–Trinajstić information content (AvgIpc) is 2.98. The fourth-order valence-electron chi connectivity index (χ4n) is 3.82. The summed E-state index contributed by atoms with van der Waals surface area (Å²) >= 11 is 0. The second-order valence-electron chi connectivity index (χ2n) is 6.83. The number of likely N-dealkylation sites (N-methyl/N-ethyl adjacent to an activating group) is 1. The lowest BCUT2D eigenvalue weighted by atomic mass is 10.0. The zero-order valence-electron chi connectivity index (χ0n) is 14.0. The molecule has 0 saturated carbocycles. The number of anilines is 1. The topological polar surface area (TPSA) is 52.5 Å². The van der Waals surface area contributed by atoms with Crippen LogP contribution in [0.4, 0.5) is 14.6 Å². The molecule has 2 unspecified atom stereocenters. The molecule has 4 rings (SSSR count). The number of aromatic nitrogens is 2. The summed E-state index contributed by atoms with van der Waals surface area (Å²) in [4.78, 5) is 12.9. The van der Waals surface area contributed by atoms with Crippen molar-refractivity contribution in [3.8, 4) is 0 Å². The predicted molar refractivity (Wildman–Crippen MR) is 89.1 cm³/mol. The van der Waals surface area contributed by atoms with Crippen LogP contribution in [0.3, 0.4) is 0 Å². The van der Waals surface area contributed by atoms with Crippen molar-refractivity contribution in [1.82, 2.24) is 14.9 Å². The van der Waals surface area contributed by atoms with Crippen LogP contribution in [0.2, 0.25) is 0 Å². The molecule has 0 amide bonds. The molecule has 25 heavy (non-hydrogen) atoms. The van der Waals surface area contributed by atoms with Crippen LogP contribution in [0.15, 0.2) is 24.5 Å². The monoisotopic (exact) mass is 346 g/mol. The molecule has 1 N–H and O–H groups in total. The molecule has 132 valence electrons. The van der Waals surface area contributed by atoms with Crippen molar-refractivity contribution in [3.05, 3.63) is 53.0 Å². The van der Waals surface area contributed by atoms with Gasteiger partial charge in [-0.1, -0.05) is 0 Å². The van der Waals surface area contributed by atoms with Crippen LogP contribution in [0.25, 0.3) is 0 Å². The largest absolute Gasteiger partial charge is 0.391 e. The maximum Gasteiger partial charge on any atom is 0.137 e. The zero-order valence-corrected chi connectivity index (χ0v) is 14.0. The minimum Gasteiger partial charge on any atom is -0.391 e. The van der Waals surface area contributed by atoms with Crippen LogP contribution in [0.1, 0.15) is 29.3 Å². The van der Waals surface area contributed by atoms with Gasteiger partial charge in [-0.25, -0.2) is 18.7 Å². The Labute approximate surface area is 144 Å². The maximum absolute atomic E-state index is 14.3. The standard InChI is InChI=1S/C18H20F2N4O/c1-23-5-4-16-14(9-23)18(22-10-21-16)24-8-12(25)7-17(24)13-6-11(19)2-3-15(13)20/h2-3,6,10,12,17,25H,4-5,7-9H2,1H3. The fourth-order valence-corrected chi connectivity index (χ4v) is 3.82. The van der Waals surface area contributed by atoms with Crippen LogP contribution < -0.4 is 4.90 Å². The van der Waals surface area contributed by atoms with E-state index in [1.807, 2.05) is 11.9 Å². The molecule has 2 atom stereocenters. The molecule has 2 aromatic rings. The highest BCUT2D eigenvalue weighted by Gasteiger charge is 2.36. The van der Waals surface area contributed by atoms with Crippen molar-refractivity contribution >= 4 is 5.82 Å². The first-order valence-electron chi connectivity index (χ1n) is 8.44. The maximum atomic E-state index is 14.3. The second-order valence-corrected chi connectivity index (χ2v) is 6.83. The molecule has 2 aliphatic rings. The molecular weight excluding hydrogens is 326 g/mol. The molecule has 1 aromatic carbocycles. The summed E-state index contributed by atoms with van der Waals surface area (Å²) in [6.07, 6.45) is 2.08. The van der Waals surface area contributed by atoms with Crippen LogP contribution in [0, 0.1) is 11.6 Å². The molecular formula is C18H20F2N4O. The molecule has 1 fully saturated rings. The number of halogens is 2. The Balaban J connectivity index is 1.78. The summed E-state index contributed by atoms with van der Waals surface area (Å²) < 4.78 is 28.0. The van der Waals surface area contributed by atoms with Crippen LogP contribution in [-0.4, -0.2) is 46.2 Å². The number of hydrogen-bond acceptors (Lipinski definition) is 5. The first-order chi connectivity index (χ1) is 12.0. The molecule has 1 aromatic heterocycles. The number of β-amino-alcohol motifs (C(OH)–C–C–N with tert-alkyl or cyclic N) is 1. The van der Waals surface area contributed by atoms with Crippen molar-refractivity contribution in [2.45, 2.75) is 31.5 Å². The summed E-state index contributed by atoms with van der Waals surface area (Å²) in [5.74, 6) is -0.241. The van der Waals surface area contributed by atoms with Gasteiger partial charge in [0.05, 0.1) is 17.8 Å². The highest BCUT2D eigenvalue weighted by Crippen LogP contribution is 2.39. The van der Waals surface area contributed by atoms with E-state index in [0.29, 0.717) is 25.3 Å². The molecule has 7 heteroatoms. The molecule has 3 heterocycles. The van der Waals surface area contributed by atoms with E-state index in [1.54, 1.807) is 0 Å². The van der Waals surface area contributed by atoms with Crippen molar-refractivity contribution in [3.63, 3.8) is 0 Å². The van der Waals surface area contributed by atoms with E-state index >= 15 is 0 Å². The Morgan fingerprint density at radius 1 is 1.24 bits per heavy atom. The highest BCUT2D eigenvalue weighted by molar-refractivity contribution is 5.53. The van der Waals surface area contributed by atoms with Crippen molar-refractivity contribution in [2.24, 2.45) is 0 Å². The van der Waals surface area contributed by atoms with E-state index in [0.717, 1.165) is 36.4 Å². The lowest BCUT2D eigenvalue weighted by molar-refractivity contribution is 0.194. The van der Waals surface area contributed by atoms with Crippen molar-refractivity contribution < 1.29 is 13.9 Å². The number of aliphatic hydroxyl groups excluding tert-OH is 1. The summed E-state index contributed by atoms with van der Waals surface area (Å²) in [7, 11) is 2.03. The van der Waals surface area contributed by atoms with Gasteiger partial charge in [-0.15, -0.1) is 0 Å². The van der Waals surface area contributed by atoms with Crippen molar-refractivity contribution in [1.29, 1.82) is 0 Å². The Hall–Kier alpha value is -2.12. The Morgan fingerprint density at radius 3 is 2.92 bits per heavy atom. The van der Waals surface area contributed by atoms with E-state index in [1.165, 1.54) is 12.4 Å². The lowest BCUT2D eigenvalue weighted by Gasteiger charge is -2.32. The fraction of sp³-hybridized carbons (Fsp3) is 0.444. The van der Waals surface area contributed by atoms with Gasteiger partial charge in [-0.05, 0) is 31.7 Å². The average molecular weight is 346 g/mol. The van der Waals surface area contributed by atoms with Gasteiger partial charge in [-0.3, -0.25) is 0 Å². The number of nitrogens with zero attached hydrogens (tertiary/aromatic N) is 4. The van der Waals surface area contributed by atoms with Gasteiger partial charge in [0.15, 0.2) is 0 Å². The number of aliphatic hydroxyl groups is 1. The third kappa shape index (κ3) is 2.98. The normalized spacial score (nSPS) is 23.8. The third-order valence-electron chi connectivity index (χ3n) is 5.04. The second kappa shape index (κ2) is 6.31. The molecule has 5 nitrogen and oxygen atoms in total. The molecule has 0 spiro atoms. The summed E-state index contributed by atoms with van der Waals surface area (Å²) in [6.45, 7) is 1.97. The van der Waals surface area contributed by atoms with E-state index in [4.69, 9.17) is 0 Å².